The lowest BCUT2D eigenvalue weighted by Crippen LogP contribution is -2.49. The lowest BCUT2D eigenvalue weighted by Gasteiger charge is -2.34. The van der Waals surface area contributed by atoms with Crippen LogP contribution in [0.25, 0.3) is 0 Å². The third-order valence-corrected chi connectivity index (χ3v) is 4.58. The lowest BCUT2D eigenvalue weighted by molar-refractivity contribution is 0.0751. The van der Waals surface area contributed by atoms with Gasteiger partial charge in [0, 0.05) is 40.3 Å². The van der Waals surface area contributed by atoms with E-state index < -0.39 is 5.82 Å². The Balaban J connectivity index is 1.67. The molecule has 1 fully saturated rings. The van der Waals surface area contributed by atoms with E-state index in [1.807, 2.05) is 27.3 Å². The number of aromatic nitrogens is 2. The van der Waals surface area contributed by atoms with Crippen LogP contribution in [0.2, 0.25) is 0 Å². The summed E-state index contributed by atoms with van der Waals surface area (Å²) in [5.41, 5.74) is 0. The molecule has 2 aromatic heterocycles. The molecule has 23 heavy (non-hydrogen) atoms. The van der Waals surface area contributed by atoms with Crippen LogP contribution in [-0.4, -0.2) is 61.0 Å². The standard InChI is InChI=1S/C15H18FN5OS/c1-19(2)13-11(16)10-17-15(18-13)21-7-5-20(6-8-21)14(22)12-4-3-9-23-12/h3-4,9-10H,5-8H2,1-2H3. The largest absolute Gasteiger partial charge is 0.360 e. The molecule has 6 nitrogen and oxygen atoms in total. The van der Waals surface area contributed by atoms with Gasteiger partial charge in [-0.3, -0.25) is 4.79 Å². The Morgan fingerprint density at radius 3 is 2.65 bits per heavy atom. The molecule has 0 radical (unpaired) electrons. The number of carbonyl (C=O) groups excluding carboxylic acids is 1. The minimum atomic E-state index is -0.440. The van der Waals surface area contributed by atoms with E-state index in [1.54, 1.807) is 19.0 Å². The Morgan fingerprint density at radius 2 is 2.04 bits per heavy atom. The molecule has 0 spiro atoms. The summed E-state index contributed by atoms with van der Waals surface area (Å²) in [4.78, 5) is 26.9. The summed E-state index contributed by atoms with van der Waals surface area (Å²) < 4.78 is 13.7. The van der Waals surface area contributed by atoms with Crippen molar-refractivity contribution in [3.05, 3.63) is 34.4 Å². The molecule has 0 aromatic carbocycles. The van der Waals surface area contributed by atoms with Gasteiger partial charge in [0.15, 0.2) is 11.6 Å². The van der Waals surface area contributed by atoms with Crippen LogP contribution in [0.15, 0.2) is 23.7 Å². The van der Waals surface area contributed by atoms with Gasteiger partial charge in [0.05, 0.1) is 11.1 Å². The summed E-state index contributed by atoms with van der Waals surface area (Å²) in [6.45, 7) is 2.48. The second-order valence-corrected chi connectivity index (χ2v) is 6.44. The molecule has 0 unspecified atom stereocenters. The number of nitrogens with zero attached hydrogens (tertiary/aromatic N) is 5. The van der Waals surface area contributed by atoms with Crippen LogP contribution in [0.5, 0.6) is 0 Å². The molecule has 0 atom stereocenters. The molecule has 1 saturated heterocycles. The molecule has 0 N–H and O–H groups in total. The predicted octanol–water partition coefficient (Wildman–Crippen LogP) is 1.71. The van der Waals surface area contributed by atoms with Crippen LogP contribution in [0, 0.1) is 5.82 Å². The van der Waals surface area contributed by atoms with E-state index in [1.165, 1.54) is 17.5 Å². The van der Waals surface area contributed by atoms with E-state index >= 15 is 0 Å². The van der Waals surface area contributed by atoms with E-state index in [-0.39, 0.29) is 11.7 Å². The number of piperazine rings is 1. The number of carbonyl (C=O) groups is 1. The van der Waals surface area contributed by atoms with Crippen molar-refractivity contribution in [2.75, 3.05) is 50.1 Å². The van der Waals surface area contributed by atoms with Crippen molar-refractivity contribution in [2.45, 2.75) is 0 Å². The Hall–Kier alpha value is -2.22. The molecular formula is C15H18FN5OS. The predicted molar refractivity (Wildman–Crippen MR) is 88.8 cm³/mol. The first-order chi connectivity index (χ1) is 11.1. The number of halogens is 1. The van der Waals surface area contributed by atoms with Crippen molar-refractivity contribution >= 4 is 29.0 Å². The van der Waals surface area contributed by atoms with Gasteiger partial charge in [0.25, 0.3) is 5.91 Å². The first-order valence-electron chi connectivity index (χ1n) is 7.34. The monoisotopic (exact) mass is 335 g/mol. The second kappa shape index (κ2) is 6.49. The number of amides is 1. The molecule has 8 heteroatoms. The van der Waals surface area contributed by atoms with Crippen LogP contribution < -0.4 is 9.80 Å². The Morgan fingerprint density at radius 1 is 1.30 bits per heavy atom. The maximum atomic E-state index is 13.7. The quantitative estimate of drug-likeness (QED) is 0.855. The average Bonchev–Trinajstić information content (AvgIpc) is 3.09. The van der Waals surface area contributed by atoms with Gasteiger partial charge in [-0.25, -0.2) is 9.37 Å². The maximum Gasteiger partial charge on any atom is 0.264 e. The summed E-state index contributed by atoms with van der Waals surface area (Å²) in [6, 6.07) is 3.72. The highest BCUT2D eigenvalue weighted by Gasteiger charge is 2.24. The normalized spacial score (nSPS) is 14.9. The van der Waals surface area contributed by atoms with Crippen LogP contribution in [0.4, 0.5) is 16.2 Å². The highest BCUT2D eigenvalue weighted by atomic mass is 32.1. The fourth-order valence-corrected chi connectivity index (χ4v) is 3.17. The number of thiophene rings is 1. The summed E-state index contributed by atoms with van der Waals surface area (Å²) >= 11 is 1.45. The topological polar surface area (TPSA) is 52.6 Å². The summed E-state index contributed by atoms with van der Waals surface area (Å²) in [7, 11) is 3.49. The summed E-state index contributed by atoms with van der Waals surface area (Å²) in [6.07, 6.45) is 1.20. The van der Waals surface area contributed by atoms with Crippen LogP contribution in [-0.2, 0) is 0 Å². The van der Waals surface area contributed by atoms with E-state index in [9.17, 15) is 9.18 Å². The molecule has 1 aliphatic heterocycles. The van der Waals surface area contributed by atoms with Gasteiger partial charge in [-0.05, 0) is 11.4 Å². The average molecular weight is 335 g/mol. The van der Waals surface area contributed by atoms with Gasteiger partial charge in [-0.2, -0.15) is 4.98 Å². The second-order valence-electron chi connectivity index (χ2n) is 5.49. The third-order valence-electron chi connectivity index (χ3n) is 3.72. The zero-order valence-corrected chi connectivity index (χ0v) is 13.9. The molecular weight excluding hydrogens is 317 g/mol. The number of hydrogen-bond acceptors (Lipinski definition) is 6. The molecule has 122 valence electrons. The maximum absolute atomic E-state index is 13.7. The molecule has 0 bridgehead atoms. The zero-order valence-electron chi connectivity index (χ0n) is 13.1. The Labute approximate surface area is 138 Å². The van der Waals surface area contributed by atoms with Crippen LogP contribution >= 0.6 is 11.3 Å². The molecule has 1 aliphatic rings. The summed E-state index contributed by atoms with van der Waals surface area (Å²) in [5, 5.41) is 1.90. The molecule has 2 aromatic rings. The van der Waals surface area contributed by atoms with Crippen molar-refractivity contribution in [3.8, 4) is 0 Å². The number of anilines is 2. The first kappa shape index (κ1) is 15.7. The number of hydrogen-bond donors (Lipinski definition) is 0. The highest BCUT2D eigenvalue weighted by Crippen LogP contribution is 2.19. The van der Waals surface area contributed by atoms with Crippen molar-refractivity contribution in [1.29, 1.82) is 0 Å². The Kier molecular flexibility index (Phi) is 4.42. The van der Waals surface area contributed by atoms with Crippen molar-refractivity contribution in [2.24, 2.45) is 0 Å². The molecule has 0 aliphatic carbocycles. The first-order valence-corrected chi connectivity index (χ1v) is 8.22. The van der Waals surface area contributed by atoms with Gasteiger partial charge >= 0.3 is 0 Å². The van der Waals surface area contributed by atoms with E-state index in [0.717, 1.165) is 4.88 Å². The van der Waals surface area contributed by atoms with Crippen molar-refractivity contribution in [3.63, 3.8) is 0 Å². The van der Waals surface area contributed by atoms with E-state index in [4.69, 9.17) is 0 Å². The van der Waals surface area contributed by atoms with Crippen LogP contribution in [0.1, 0.15) is 9.67 Å². The Bertz CT molecular complexity index is 683. The summed E-state index contributed by atoms with van der Waals surface area (Å²) in [5.74, 6) is 0.393. The minimum Gasteiger partial charge on any atom is -0.360 e. The van der Waals surface area contributed by atoms with E-state index in [0.29, 0.717) is 32.1 Å². The van der Waals surface area contributed by atoms with Gasteiger partial charge < -0.3 is 14.7 Å². The molecule has 1 amide bonds. The van der Waals surface area contributed by atoms with E-state index in [2.05, 4.69) is 9.97 Å². The fraction of sp³-hybridized carbons (Fsp3) is 0.400. The van der Waals surface area contributed by atoms with Gasteiger partial charge in [0.1, 0.15) is 0 Å². The minimum absolute atomic E-state index is 0.0636. The highest BCUT2D eigenvalue weighted by molar-refractivity contribution is 7.12. The van der Waals surface area contributed by atoms with Crippen molar-refractivity contribution < 1.29 is 9.18 Å². The zero-order chi connectivity index (χ0) is 16.4. The molecule has 3 heterocycles. The van der Waals surface area contributed by atoms with Gasteiger partial charge in [0.2, 0.25) is 5.95 Å². The van der Waals surface area contributed by atoms with Crippen LogP contribution in [0.3, 0.4) is 0 Å². The SMILES string of the molecule is CN(C)c1nc(N2CCN(C(=O)c3cccs3)CC2)ncc1F. The lowest BCUT2D eigenvalue weighted by atomic mass is 10.3. The van der Waals surface area contributed by atoms with Crippen molar-refractivity contribution in [1.82, 2.24) is 14.9 Å². The third kappa shape index (κ3) is 3.26. The molecule has 0 saturated carbocycles. The van der Waals surface area contributed by atoms with Gasteiger partial charge in [-0.1, -0.05) is 6.07 Å². The molecule has 3 rings (SSSR count). The smallest absolute Gasteiger partial charge is 0.264 e. The fourth-order valence-electron chi connectivity index (χ4n) is 2.48. The van der Waals surface area contributed by atoms with Gasteiger partial charge in [-0.15, -0.1) is 11.3 Å². The number of rotatable bonds is 3.